The van der Waals surface area contributed by atoms with Gasteiger partial charge in [-0.15, -0.1) is 0 Å². The number of fused-ring (bicyclic) bond motifs is 3. The second-order valence-corrected chi connectivity index (χ2v) is 8.84. The lowest BCUT2D eigenvalue weighted by atomic mass is 9.80. The number of rotatable bonds is 2. The van der Waals surface area contributed by atoms with Crippen LogP contribution in [0, 0.1) is 0 Å². The van der Waals surface area contributed by atoms with Gasteiger partial charge in [-0.2, -0.15) is 0 Å². The summed E-state index contributed by atoms with van der Waals surface area (Å²) in [5.41, 5.74) is 3.13. The van der Waals surface area contributed by atoms with Crippen molar-refractivity contribution in [2.75, 3.05) is 0 Å². The third-order valence-corrected chi connectivity index (χ3v) is 5.43. The SMILES string of the molecule is CC(=O)O[C@H]1C[C@H](c2ccccc2)Cc2c1n(C(=O)OC(C)(C)C)c1ccccc21. The van der Waals surface area contributed by atoms with Gasteiger partial charge in [0.1, 0.15) is 11.7 Å². The Morgan fingerprint density at radius 1 is 1.00 bits per heavy atom. The summed E-state index contributed by atoms with van der Waals surface area (Å²) in [6, 6.07) is 18.1. The zero-order valence-corrected chi connectivity index (χ0v) is 17.8. The predicted molar refractivity (Wildman–Crippen MR) is 116 cm³/mol. The lowest BCUT2D eigenvalue weighted by Crippen LogP contribution is -2.30. The topological polar surface area (TPSA) is 57.5 Å². The maximum Gasteiger partial charge on any atom is 0.419 e. The molecule has 2 atom stereocenters. The Morgan fingerprint density at radius 2 is 1.67 bits per heavy atom. The first kappa shape index (κ1) is 20.2. The predicted octanol–water partition coefficient (Wildman–Crippen LogP) is 5.76. The van der Waals surface area contributed by atoms with Crippen LogP contribution in [0.25, 0.3) is 10.9 Å². The Morgan fingerprint density at radius 3 is 2.33 bits per heavy atom. The Kier molecular flexibility index (Phi) is 5.14. The molecule has 0 fully saturated rings. The third-order valence-electron chi connectivity index (χ3n) is 5.43. The highest BCUT2D eigenvalue weighted by Gasteiger charge is 2.37. The summed E-state index contributed by atoms with van der Waals surface area (Å²) >= 11 is 0. The Balaban J connectivity index is 1.90. The van der Waals surface area contributed by atoms with Gasteiger partial charge < -0.3 is 9.47 Å². The quantitative estimate of drug-likeness (QED) is 0.509. The maximum atomic E-state index is 13.2. The second kappa shape index (κ2) is 7.63. The molecule has 30 heavy (non-hydrogen) atoms. The fourth-order valence-corrected chi connectivity index (χ4v) is 4.37. The van der Waals surface area contributed by atoms with Crippen LogP contribution in [-0.2, 0) is 20.7 Å². The molecule has 4 rings (SSSR count). The Bertz CT molecular complexity index is 1090. The van der Waals surface area contributed by atoms with E-state index in [0.717, 1.165) is 28.6 Å². The van der Waals surface area contributed by atoms with Crippen LogP contribution in [0.1, 0.15) is 63.0 Å². The minimum atomic E-state index is -0.631. The highest BCUT2D eigenvalue weighted by atomic mass is 16.6. The van der Waals surface area contributed by atoms with Crippen molar-refractivity contribution in [3.63, 3.8) is 0 Å². The van der Waals surface area contributed by atoms with E-state index in [4.69, 9.17) is 9.47 Å². The summed E-state index contributed by atoms with van der Waals surface area (Å²) in [5.74, 6) is -0.165. The van der Waals surface area contributed by atoms with E-state index >= 15 is 0 Å². The molecule has 0 saturated carbocycles. The van der Waals surface area contributed by atoms with Crippen LogP contribution >= 0.6 is 0 Å². The lowest BCUT2D eigenvalue weighted by molar-refractivity contribution is -0.147. The molecule has 0 spiro atoms. The zero-order chi connectivity index (χ0) is 21.5. The van der Waals surface area contributed by atoms with Crippen LogP contribution in [-0.4, -0.2) is 22.2 Å². The fourth-order valence-electron chi connectivity index (χ4n) is 4.37. The molecule has 0 unspecified atom stereocenters. The van der Waals surface area contributed by atoms with Crippen LogP contribution in [0.4, 0.5) is 4.79 Å². The Hall–Kier alpha value is -3.08. The number of benzene rings is 2. The van der Waals surface area contributed by atoms with Crippen molar-refractivity contribution in [3.05, 3.63) is 71.4 Å². The van der Waals surface area contributed by atoms with Gasteiger partial charge in [-0.05, 0) is 56.7 Å². The first-order chi connectivity index (χ1) is 14.2. The van der Waals surface area contributed by atoms with Gasteiger partial charge in [0.2, 0.25) is 0 Å². The van der Waals surface area contributed by atoms with Crippen molar-refractivity contribution in [2.45, 2.75) is 58.2 Å². The lowest BCUT2D eigenvalue weighted by Gasteiger charge is -2.31. The molecule has 0 radical (unpaired) electrons. The van der Waals surface area contributed by atoms with Gasteiger partial charge in [0, 0.05) is 12.3 Å². The van der Waals surface area contributed by atoms with E-state index in [1.807, 2.05) is 63.2 Å². The van der Waals surface area contributed by atoms with Gasteiger partial charge in [-0.1, -0.05) is 48.5 Å². The second-order valence-electron chi connectivity index (χ2n) is 8.84. The fraction of sp³-hybridized carbons (Fsp3) is 0.360. The third kappa shape index (κ3) is 3.84. The summed E-state index contributed by atoms with van der Waals surface area (Å²) < 4.78 is 13.1. The molecule has 0 amide bonds. The largest absolute Gasteiger partial charge is 0.456 e. The molecule has 0 N–H and O–H groups in total. The molecule has 1 aromatic heterocycles. The number of carbonyl (C=O) groups is 2. The number of ether oxygens (including phenoxy) is 2. The van der Waals surface area contributed by atoms with E-state index in [2.05, 4.69) is 12.1 Å². The number of nitrogens with zero attached hydrogens (tertiary/aromatic N) is 1. The standard InChI is InChI=1S/C25H27NO4/c1-16(27)29-22-15-18(17-10-6-5-7-11-17)14-20-19-12-8-9-13-21(19)26(23(20)22)24(28)30-25(2,3)4/h5-13,18,22H,14-15H2,1-4H3/t18-,22+/m1/s1. The molecule has 5 heteroatoms. The minimum absolute atomic E-state index is 0.195. The van der Waals surface area contributed by atoms with Crippen LogP contribution in [0.2, 0.25) is 0 Å². The summed E-state index contributed by atoms with van der Waals surface area (Å²) in [6.45, 7) is 6.94. The number of aromatic nitrogens is 1. The van der Waals surface area contributed by atoms with Crippen molar-refractivity contribution in [1.29, 1.82) is 0 Å². The van der Waals surface area contributed by atoms with Gasteiger partial charge in [0.25, 0.3) is 0 Å². The number of hydrogen-bond acceptors (Lipinski definition) is 4. The van der Waals surface area contributed by atoms with E-state index in [1.54, 1.807) is 4.57 Å². The van der Waals surface area contributed by atoms with Crippen molar-refractivity contribution >= 4 is 23.0 Å². The van der Waals surface area contributed by atoms with E-state index < -0.39 is 17.8 Å². The van der Waals surface area contributed by atoms with Gasteiger partial charge >= 0.3 is 12.1 Å². The van der Waals surface area contributed by atoms with E-state index in [1.165, 1.54) is 12.5 Å². The molecule has 3 aromatic rings. The van der Waals surface area contributed by atoms with E-state index in [9.17, 15) is 9.59 Å². The van der Waals surface area contributed by atoms with E-state index in [-0.39, 0.29) is 11.9 Å². The normalized spacial score (nSPS) is 18.7. The molecule has 0 aliphatic heterocycles. The molecular weight excluding hydrogens is 378 g/mol. The van der Waals surface area contributed by atoms with Gasteiger partial charge in [-0.3, -0.25) is 4.79 Å². The first-order valence-corrected chi connectivity index (χ1v) is 10.3. The molecule has 1 aliphatic carbocycles. The van der Waals surface area contributed by atoms with Gasteiger partial charge in [0.15, 0.2) is 0 Å². The maximum absolute atomic E-state index is 13.2. The molecule has 5 nitrogen and oxygen atoms in total. The monoisotopic (exact) mass is 405 g/mol. The zero-order valence-electron chi connectivity index (χ0n) is 17.8. The van der Waals surface area contributed by atoms with Crippen molar-refractivity contribution < 1.29 is 19.1 Å². The van der Waals surface area contributed by atoms with Crippen LogP contribution in [0.3, 0.4) is 0 Å². The summed E-state index contributed by atoms with van der Waals surface area (Å²) in [6.07, 6.45) is 0.426. The molecule has 0 bridgehead atoms. The molecule has 2 aromatic carbocycles. The number of para-hydroxylation sites is 1. The minimum Gasteiger partial charge on any atom is -0.456 e. The summed E-state index contributed by atoms with van der Waals surface area (Å²) in [7, 11) is 0. The number of esters is 1. The smallest absolute Gasteiger partial charge is 0.419 e. The highest BCUT2D eigenvalue weighted by Crippen LogP contribution is 2.45. The first-order valence-electron chi connectivity index (χ1n) is 10.3. The summed E-state index contributed by atoms with van der Waals surface area (Å²) in [4.78, 5) is 25.1. The van der Waals surface area contributed by atoms with Crippen molar-refractivity contribution in [3.8, 4) is 0 Å². The molecule has 156 valence electrons. The highest BCUT2D eigenvalue weighted by molar-refractivity contribution is 5.94. The molecular formula is C25H27NO4. The van der Waals surface area contributed by atoms with Crippen LogP contribution < -0.4 is 0 Å². The van der Waals surface area contributed by atoms with Crippen molar-refractivity contribution in [2.24, 2.45) is 0 Å². The molecule has 1 aliphatic rings. The summed E-state index contributed by atoms with van der Waals surface area (Å²) in [5, 5.41) is 0.996. The number of hydrogen-bond donors (Lipinski definition) is 0. The molecule has 1 heterocycles. The average molecular weight is 405 g/mol. The Labute approximate surface area is 176 Å². The van der Waals surface area contributed by atoms with Gasteiger partial charge in [-0.25, -0.2) is 9.36 Å². The van der Waals surface area contributed by atoms with Crippen LogP contribution in [0.15, 0.2) is 54.6 Å². The van der Waals surface area contributed by atoms with Crippen LogP contribution in [0.5, 0.6) is 0 Å². The average Bonchev–Trinajstić information content (AvgIpc) is 3.02. The van der Waals surface area contributed by atoms with Gasteiger partial charge in [0.05, 0.1) is 11.2 Å². The molecule has 0 saturated heterocycles. The number of carbonyl (C=O) groups excluding carboxylic acids is 2. The van der Waals surface area contributed by atoms with Crippen molar-refractivity contribution in [1.82, 2.24) is 4.57 Å². The van der Waals surface area contributed by atoms with E-state index in [0.29, 0.717) is 6.42 Å².